The summed E-state index contributed by atoms with van der Waals surface area (Å²) >= 11 is 0. The van der Waals surface area contributed by atoms with Crippen molar-refractivity contribution in [3.8, 4) is 0 Å². The smallest absolute Gasteiger partial charge is 0.237 e. The van der Waals surface area contributed by atoms with Crippen LogP contribution in [0.25, 0.3) is 0 Å². The Kier molecular flexibility index (Phi) is 6.68. The highest BCUT2D eigenvalue weighted by molar-refractivity contribution is 5.85. The van der Waals surface area contributed by atoms with E-state index in [1.54, 1.807) is 12.3 Å². The fourth-order valence-corrected chi connectivity index (χ4v) is 1.20. The van der Waals surface area contributed by atoms with Crippen LogP contribution in [0.1, 0.15) is 25.4 Å². The average Bonchev–Trinajstić information content (AvgIpc) is 2.24. The third-order valence-electron chi connectivity index (χ3n) is 2.30. The SMILES string of the molecule is Cc1nccc(CNC(=O)[C@H](N)C(C)C)n1.Cl. The molecule has 1 heterocycles. The van der Waals surface area contributed by atoms with Crippen molar-refractivity contribution < 1.29 is 4.79 Å². The van der Waals surface area contributed by atoms with Gasteiger partial charge in [0.25, 0.3) is 0 Å². The fourth-order valence-electron chi connectivity index (χ4n) is 1.20. The Bertz CT molecular complexity index is 370. The van der Waals surface area contributed by atoms with Gasteiger partial charge >= 0.3 is 0 Å². The molecule has 0 aliphatic carbocycles. The Balaban J connectivity index is 0.00000256. The van der Waals surface area contributed by atoms with Crippen LogP contribution in [-0.2, 0) is 11.3 Å². The van der Waals surface area contributed by atoms with Crippen molar-refractivity contribution in [2.75, 3.05) is 0 Å². The number of carbonyl (C=O) groups excluding carboxylic acids is 1. The summed E-state index contributed by atoms with van der Waals surface area (Å²) in [6.07, 6.45) is 1.67. The molecule has 0 radical (unpaired) electrons. The Morgan fingerprint density at radius 1 is 1.53 bits per heavy atom. The summed E-state index contributed by atoms with van der Waals surface area (Å²) in [5, 5.41) is 2.75. The quantitative estimate of drug-likeness (QED) is 0.837. The van der Waals surface area contributed by atoms with Crippen molar-refractivity contribution in [1.29, 1.82) is 0 Å². The zero-order valence-electron chi connectivity index (χ0n) is 10.3. The van der Waals surface area contributed by atoms with Gasteiger partial charge in [-0.25, -0.2) is 9.97 Å². The molecule has 1 aromatic rings. The molecule has 1 atom stereocenters. The number of rotatable bonds is 4. The minimum Gasteiger partial charge on any atom is -0.349 e. The average molecular weight is 259 g/mol. The zero-order chi connectivity index (χ0) is 12.1. The molecule has 0 spiro atoms. The number of carbonyl (C=O) groups is 1. The Morgan fingerprint density at radius 3 is 2.71 bits per heavy atom. The van der Waals surface area contributed by atoms with Crippen molar-refractivity contribution in [1.82, 2.24) is 15.3 Å². The number of nitrogens with two attached hydrogens (primary N) is 1. The molecular weight excluding hydrogens is 240 g/mol. The first kappa shape index (κ1) is 15.8. The predicted octanol–water partition coefficient (Wildman–Crippen LogP) is 0.806. The number of nitrogens with one attached hydrogen (secondary N) is 1. The summed E-state index contributed by atoms with van der Waals surface area (Å²) in [5.74, 6) is 0.679. The van der Waals surface area contributed by atoms with Crippen LogP contribution in [0, 0.1) is 12.8 Å². The second-order valence-corrected chi connectivity index (χ2v) is 4.08. The summed E-state index contributed by atoms with van der Waals surface area (Å²) in [6.45, 7) is 6.03. The number of aromatic nitrogens is 2. The van der Waals surface area contributed by atoms with Gasteiger partial charge in [-0.2, -0.15) is 0 Å². The maximum atomic E-state index is 11.6. The molecule has 1 amide bonds. The summed E-state index contributed by atoms with van der Waals surface area (Å²) < 4.78 is 0. The first-order valence-electron chi connectivity index (χ1n) is 5.32. The van der Waals surface area contributed by atoms with E-state index in [4.69, 9.17) is 5.73 Å². The number of halogens is 1. The molecule has 1 rings (SSSR count). The molecule has 0 unspecified atom stereocenters. The third kappa shape index (κ3) is 5.10. The highest BCUT2D eigenvalue weighted by atomic mass is 35.5. The van der Waals surface area contributed by atoms with Gasteiger partial charge in [0.1, 0.15) is 5.82 Å². The van der Waals surface area contributed by atoms with Crippen LogP contribution in [0.5, 0.6) is 0 Å². The number of aryl methyl sites for hydroxylation is 1. The van der Waals surface area contributed by atoms with Crippen LogP contribution in [-0.4, -0.2) is 21.9 Å². The maximum absolute atomic E-state index is 11.6. The zero-order valence-corrected chi connectivity index (χ0v) is 11.1. The van der Waals surface area contributed by atoms with Crippen LogP contribution in [0.4, 0.5) is 0 Å². The van der Waals surface area contributed by atoms with E-state index in [0.717, 1.165) is 5.69 Å². The van der Waals surface area contributed by atoms with Gasteiger partial charge in [-0.15, -0.1) is 12.4 Å². The van der Waals surface area contributed by atoms with E-state index in [2.05, 4.69) is 15.3 Å². The van der Waals surface area contributed by atoms with Crippen LogP contribution >= 0.6 is 12.4 Å². The molecule has 0 fully saturated rings. The summed E-state index contributed by atoms with van der Waals surface area (Å²) in [7, 11) is 0. The lowest BCUT2D eigenvalue weighted by Gasteiger charge is -2.15. The molecule has 0 saturated carbocycles. The summed E-state index contributed by atoms with van der Waals surface area (Å²) in [4.78, 5) is 19.7. The monoisotopic (exact) mass is 258 g/mol. The van der Waals surface area contributed by atoms with Gasteiger partial charge < -0.3 is 11.1 Å². The van der Waals surface area contributed by atoms with Gasteiger partial charge in [-0.05, 0) is 18.9 Å². The van der Waals surface area contributed by atoms with Crippen molar-refractivity contribution >= 4 is 18.3 Å². The van der Waals surface area contributed by atoms with Crippen molar-refractivity contribution in [3.05, 3.63) is 23.8 Å². The minimum atomic E-state index is -0.470. The largest absolute Gasteiger partial charge is 0.349 e. The minimum absolute atomic E-state index is 0. The van der Waals surface area contributed by atoms with Crippen LogP contribution < -0.4 is 11.1 Å². The van der Waals surface area contributed by atoms with E-state index in [1.165, 1.54) is 0 Å². The van der Waals surface area contributed by atoms with E-state index >= 15 is 0 Å². The molecule has 0 aromatic carbocycles. The Morgan fingerprint density at radius 2 is 2.18 bits per heavy atom. The summed E-state index contributed by atoms with van der Waals surface area (Å²) in [6, 6.07) is 1.30. The third-order valence-corrected chi connectivity index (χ3v) is 2.30. The van der Waals surface area contributed by atoms with Crippen molar-refractivity contribution in [2.45, 2.75) is 33.4 Å². The first-order valence-corrected chi connectivity index (χ1v) is 5.32. The van der Waals surface area contributed by atoms with Gasteiger partial charge in [-0.3, -0.25) is 4.79 Å². The van der Waals surface area contributed by atoms with Gasteiger partial charge in [0.05, 0.1) is 18.3 Å². The number of nitrogens with zero attached hydrogens (tertiary/aromatic N) is 2. The molecule has 17 heavy (non-hydrogen) atoms. The molecule has 96 valence electrons. The lowest BCUT2D eigenvalue weighted by Crippen LogP contribution is -2.43. The van der Waals surface area contributed by atoms with Gasteiger partial charge in [0, 0.05) is 6.20 Å². The van der Waals surface area contributed by atoms with Crippen LogP contribution in [0.2, 0.25) is 0 Å². The van der Waals surface area contributed by atoms with E-state index < -0.39 is 6.04 Å². The lowest BCUT2D eigenvalue weighted by atomic mass is 10.1. The predicted molar refractivity (Wildman–Crippen MR) is 68.7 cm³/mol. The second-order valence-electron chi connectivity index (χ2n) is 4.08. The standard InChI is InChI=1S/C11H18N4O.ClH/c1-7(2)10(12)11(16)14-6-9-4-5-13-8(3)15-9;/h4-5,7,10H,6,12H2,1-3H3,(H,14,16);1H/t10-;/m1./s1. The van der Waals surface area contributed by atoms with E-state index in [1.807, 2.05) is 20.8 Å². The number of hydrogen-bond donors (Lipinski definition) is 2. The number of hydrogen-bond acceptors (Lipinski definition) is 4. The molecule has 1 aromatic heterocycles. The van der Waals surface area contributed by atoms with E-state index in [-0.39, 0.29) is 24.2 Å². The molecule has 0 saturated heterocycles. The van der Waals surface area contributed by atoms with Crippen molar-refractivity contribution in [2.24, 2.45) is 11.7 Å². The van der Waals surface area contributed by atoms with Gasteiger partial charge in [0.15, 0.2) is 0 Å². The highest BCUT2D eigenvalue weighted by Gasteiger charge is 2.16. The van der Waals surface area contributed by atoms with Gasteiger partial charge in [-0.1, -0.05) is 13.8 Å². The second kappa shape index (κ2) is 7.19. The molecule has 0 aliphatic rings. The van der Waals surface area contributed by atoms with Crippen molar-refractivity contribution in [3.63, 3.8) is 0 Å². The maximum Gasteiger partial charge on any atom is 0.237 e. The van der Waals surface area contributed by atoms with Crippen LogP contribution in [0.15, 0.2) is 12.3 Å². The van der Waals surface area contributed by atoms with Crippen LogP contribution in [0.3, 0.4) is 0 Å². The van der Waals surface area contributed by atoms with E-state index in [0.29, 0.717) is 12.4 Å². The molecule has 0 aliphatic heterocycles. The lowest BCUT2D eigenvalue weighted by molar-refractivity contribution is -0.123. The fraction of sp³-hybridized carbons (Fsp3) is 0.545. The normalized spacial score (nSPS) is 11.8. The number of amides is 1. The molecule has 6 heteroatoms. The first-order chi connectivity index (χ1) is 7.50. The molecule has 0 bridgehead atoms. The summed E-state index contributed by atoms with van der Waals surface area (Å²) in [5.41, 5.74) is 6.50. The van der Waals surface area contributed by atoms with E-state index in [9.17, 15) is 4.79 Å². The Hall–Kier alpha value is -1.20. The molecule has 3 N–H and O–H groups in total. The Labute approximate surface area is 108 Å². The highest BCUT2D eigenvalue weighted by Crippen LogP contribution is 1.99. The topological polar surface area (TPSA) is 80.9 Å². The molecular formula is C11H19ClN4O. The molecule has 5 nitrogen and oxygen atoms in total. The van der Waals surface area contributed by atoms with Gasteiger partial charge in [0.2, 0.25) is 5.91 Å².